The van der Waals surface area contributed by atoms with Gasteiger partial charge in [0.05, 0.1) is 0 Å². The zero-order valence-electron chi connectivity index (χ0n) is 11.1. The molecule has 0 aliphatic heterocycles. The minimum absolute atomic E-state index is 0.167. The van der Waals surface area contributed by atoms with Gasteiger partial charge in [-0.15, -0.1) is 0 Å². The molecule has 0 aliphatic rings. The molecule has 3 N–H and O–H groups in total. The van der Waals surface area contributed by atoms with Crippen LogP contribution in [0.25, 0.3) is 0 Å². The molecule has 0 spiro atoms. The second-order valence-electron chi connectivity index (χ2n) is 4.51. The Kier molecular flexibility index (Phi) is 4.55. The summed E-state index contributed by atoms with van der Waals surface area (Å²) in [6.45, 7) is 2.74. The monoisotopic (exact) mass is 257 g/mol. The summed E-state index contributed by atoms with van der Waals surface area (Å²) >= 11 is 0. The molecule has 0 bridgehead atoms. The third-order valence-electron chi connectivity index (χ3n) is 3.09. The minimum Gasteiger partial charge on any atom is -0.457 e. The van der Waals surface area contributed by atoms with E-state index in [9.17, 15) is 0 Å². The van der Waals surface area contributed by atoms with Gasteiger partial charge in [-0.3, -0.25) is 0 Å². The van der Waals surface area contributed by atoms with Gasteiger partial charge < -0.3 is 15.6 Å². The van der Waals surface area contributed by atoms with E-state index in [0.717, 1.165) is 28.2 Å². The Labute approximate surface area is 113 Å². The van der Waals surface area contributed by atoms with Crippen molar-refractivity contribution in [2.45, 2.75) is 19.9 Å². The summed E-state index contributed by atoms with van der Waals surface area (Å²) in [6, 6.07) is 13.7. The lowest BCUT2D eigenvalue weighted by molar-refractivity contribution is 0.299. The summed E-state index contributed by atoms with van der Waals surface area (Å²) in [5.41, 5.74) is 9.00. The predicted octanol–water partition coefficient (Wildman–Crippen LogP) is 2.78. The molecule has 2 aromatic rings. The largest absolute Gasteiger partial charge is 0.457 e. The fraction of sp³-hybridized carbons (Fsp3) is 0.250. The van der Waals surface area contributed by atoms with Gasteiger partial charge in [-0.25, -0.2) is 0 Å². The molecular formula is C16H19NO2. The van der Waals surface area contributed by atoms with E-state index in [1.807, 2.05) is 49.4 Å². The van der Waals surface area contributed by atoms with Crippen LogP contribution in [0, 0.1) is 6.92 Å². The normalized spacial score (nSPS) is 10.5. The van der Waals surface area contributed by atoms with Crippen molar-refractivity contribution >= 4 is 0 Å². The molecule has 100 valence electrons. The van der Waals surface area contributed by atoms with Gasteiger partial charge in [-0.1, -0.05) is 18.2 Å². The summed E-state index contributed by atoms with van der Waals surface area (Å²) in [7, 11) is 0. The Hall–Kier alpha value is -1.84. The molecule has 3 nitrogen and oxygen atoms in total. The molecule has 2 rings (SSSR count). The topological polar surface area (TPSA) is 55.5 Å². The third kappa shape index (κ3) is 3.56. The fourth-order valence-electron chi connectivity index (χ4n) is 1.95. The Morgan fingerprint density at radius 2 is 1.74 bits per heavy atom. The van der Waals surface area contributed by atoms with E-state index in [1.54, 1.807) is 0 Å². The van der Waals surface area contributed by atoms with E-state index >= 15 is 0 Å². The van der Waals surface area contributed by atoms with Crippen molar-refractivity contribution in [2.24, 2.45) is 5.73 Å². The van der Waals surface area contributed by atoms with Crippen molar-refractivity contribution < 1.29 is 9.84 Å². The van der Waals surface area contributed by atoms with Crippen molar-refractivity contribution in [1.29, 1.82) is 0 Å². The van der Waals surface area contributed by atoms with E-state index in [4.69, 9.17) is 15.6 Å². The van der Waals surface area contributed by atoms with Crippen LogP contribution in [0.1, 0.15) is 16.7 Å². The highest BCUT2D eigenvalue weighted by Gasteiger charge is 2.01. The highest BCUT2D eigenvalue weighted by atomic mass is 16.5. The molecule has 0 aliphatic carbocycles. The van der Waals surface area contributed by atoms with Gasteiger partial charge in [0, 0.05) is 13.2 Å². The number of hydrogen-bond acceptors (Lipinski definition) is 3. The predicted molar refractivity (Wildman–Crippen MR) is 76.4 cm³/mol. The Bertz CT molecular complexity index is 535. The Morgan fingerprint density at radius 1 is 1.05 bits per heavy atom. The number of aliphatic hydroxyl groups excluding tert-OH is 1. The van der Waals surface area contributed by atoms with Crippen molar-refractivity contribution in [1.82, 2.24) is 0 Å². The van der Waals surface area contributed by atoms with Gasteiger partial charge in [-0.2, -0.15) is 0 Å². The van der Waals surface area contributed by atoms with Gasteiger partial charge in [-0.05, 0) is 54.3 Å². The first-order valence-electron chi connectivity index (χ1n) is 6.40. The molecule has 19 heavy (non-hydrogen) atoms. The molecule has 0 amide bonds. The van der Waals surface area contributed by atoms with Crippen molar-refractivity contribution in [2.75, 3.05) is 6.61 Å². The summed E-state index contributed by atoms with van der Waals surface area (Å²) in [4.78, 5) is 0. The van der Waals surface area contributed by atoms with E-state index in [0.29, 0.717) is 13.0 Å². The molecule has 3 heteroatoms. The second kappa shape index (κ2) is 6.36. The van der Waals surface area contributed by atoms with Crippen LogP contribution in [-0.4, -0.2) is 11.7 Å². The molecule has 0 saturated carbocycles. The van der Waals surface area contributed by atoms with Crippen LogP contribution < -0.4 is 10.5 Å². The number of ether oxygens (including phenoxy) is 1. The van der Waals surface area contributed by atoms with Crippen LogP contribution in [0.4, 0.5) is 0 Å². The molecule has 2 aromatic carbocycles. The summed E-state index contributed by atoms with van der Waals surface area (Å²) in [6.07, 6.45) is 0.671. The van der Waals surface area contributed by atoms with Crippen LogP contribution in [0.2, 0.25) is 0 Å². The SMILES string of the molecule is Cc1cc(Oc2ccc(CCO)cc2)ccc1CN. The molecule has 0 fully saturated rings. The summed E-state index contributed by atoms with van der Waals surface area (Å²) < 4.78 is 5.79. The lowest BCUT2D eigenvalue weighted by Gasteiger charge is -2.09. The lowest BCUT2D eigenvalue weighted by atomic mass is 10.1. The van der Waals surface area contributed by atoms with Gasteiger partial charge in [0.25, 0.3) is 0 Å². The van der Waals surface area contributed by atoms with E-state index < -0.39 is 0 Å². The van der Waals surface area contributed by atoms with Crippen LogP contribution in [0.15, 0.2) is 42.5 Å². The first-order valence-corrected chi connectivity index (χ1v) is 6.40. The van der Waals surface area contributed by atoms with E-state index in [-0.39, 0.29) is 6.61 Å². The van der Waals surface area contributed by atoms with Crippen LogP contribution in [0.3, 0.4) is 0 Å². The molecule has 0 atom stereocenters. The van der Waals surface area contributed by atoms with Gasteiger partial charge >= 0.3 is 0 Å². The van der Waals surface area contributed by atoms with Crippen LogP contribution in [-0.2, 0) is 13.0 Å². The highest BCUT2D eigenvalue weighted by Crippen LogP contribution is 2.24. The zero-order chi connectivity index (χ0) is 13.7. The Morgan fingerprint density at radius 3 is 2.32 bits per heavy atom. The van der Waals surface area contributed by atoms with Crippen LogP contribution >= 0.6 is 0 Å². The lowest BCUT2D eigenvalue weighted by Crippen LogP contribution is -1.99. The molecule has 0 aromatic heterocycles. The van der Waals surface area contributed by atoms with Crippen molar-refractivity contribution in [3.8, 4) is 11.5 Å². The van der Waals surface area contributed by atoms with E-state index in [2.05, 4.69) is 0 Å². The second-order valence-corrected chi connectivity index (χ2v) is 4.51. The Balaban J connectivity index is 2.10. The first-order chi connectivity index (χ1) is 9.22. The smallest absolute Gasteiger partial charge is 0.127 e. The fourth-order valence-corrected chi connectivity index (χ4v) is 1.95. The van der Waals surface area contributed by atoms with E-state index in [1.165, 1.54) is 0 Å². The van der Waals surface area contributed by atoms with Gasteiger partial charge in [0.2, 0.25) is 0 Å². The maximum absolute atomic E-state index is 8.86. The maximum atomic E-state index is 8.86. The summed E-state index contributed by atoms with van der Waals surface area (Å²) in [5, 5.41) is 8.86. The number of nitrogens with two attached hydrogens (primary N) is 1. The first kappa shape index (κ1) is 13.6. The quantitative estimate of drug-likeness (QED) is 0.866. The summed E-state index contributed by atoms with van der Waals surface area (Å²) in [5.74, 6) is 1.60. The average molecular weight is 257 g/mol. The molecule has 0 saturated heterocycles. The molecule has 0 heterocycles. The average Bonchev–Trinajstić information content (AvgIpc) is 2.42. The standard InChI is InChI=1S/C16H19NO2/c1-12-10-16(7-4-14(12)11-17)19-15-5-2-13(3-6-15)8-9-18/h2-7,10,18H,8-9,11,17H2,1H3. The van der Waals surface area contributed by atoms with Crippen molar-refractivity contribution in [3.63, 3.8) is 0 Å². The zero-order valence-corrected chi connectivity index (χ0v) is 11.1. The molecular weight excluding hydrogens is 238 g/mol. The number of benzene rings is 2. The minimum atomic E-state index is 0.167. The number of aliphatic hydroxyl groups is 1. The van der Waals surface area contributed by atoms with Crippen LogP contribution in [0.5, 0.6) is 11.5 Å². The maximum Gasteiger partial charge on any atom is 0.127 e. The van der Waals surface area contributed by atoms with Crippen molar-refractivity contribution in [3.05, 3.63) is 59.2 Å². The molecule has 0 radical (unpaired) electrons. The molecule has 0 unspecified atom stereocenters. The highest BCUT2D eigenvalue weighted by molar-refractivity contribution is 5.38. The van der Waals surface area contributed by atoms with Gasteiger partial charge in [0.15, 0.2) is 0 Å². The number of aryl methyl sites for hydroxylation is 1. The third-order valence-corrected chi connectivity index (χ3v) is 3.09. The number of rotatable bonds is 5. The number of hydrogen-bond donors (Lipinski definition) is 2. The van der Waals surface area contributed by atoms with Gasteiger partial charge in [0.1, 0.15) is 11.5 Å².